The fourth-order valence-corrected chi connectivity index (χ4v) is 0. The summed E-state index contributed by atoms with van der Waals surface area (Å²) in [5.74, 6) is 0. The first kappa shape index (κ1) is 23.0. The largest absolute Gasteiger partial charge is 2.00 e. The molecule has 0 bridgehead atoms. The van der Waals surface area contributed by atoms with Crippen LogP contribution in [-0.4, -0.2) is 8.64 Å². The average molecular weight is 292 g/mol. The minimum Gasteiger partial charge on any atom is -0.684 e. The van der Waals surface area contributed by atoms with E-state index in [2.05, 4.69) is 56.3 Å². The van der Waals surface area contributed by atoms with Gasteiger partial charge in [0, 0.05) is 0 Å². The van der Waals surface area contributed by atoms with E-state index >= 15 is 0 Å². The third-order valence-corrected chi connectivity index (χ3v) is 0. The van der Waals surface area contributed by atoms with E-state index in [0.717, 1.165) is 0 Å². The van der Waals surface area contributed by atoms with Gasteiger partial charge in [-0.2, -0.15) is 25.3 Å². The zero-order valence-electron chi connectivity index (χ0n) is 6.70. The normalized spacial score (nSPS) is 5.25. The van der Waals surface area contributed by atoms with Gasteiger partial charge in [0.15, 0.2) is 0 Å². The zero-order chi connectivity index (χ0) is 9.86. The van der Waals surface area contributed by atoms with Crippen LogP contribution in [-0.2, 0) is 19.5 Å². The van der Waals surface area contributed by atoms with E-state index in [1.165, 1.54) is 0 Å². The molecule has 0 aliphatic rings. The Hall–Kier alpha value is 0.843. The molecule has 12 heavy (non-hydrogen) atoms. The molecular weight excluding hydrogens is 282 g/mol. The molecule has 0 unspecified atom stereocenters. The summed E-state index contributed by atoms with van der Waals surface area (Å²) < 4.78 is -0.111. The van der Waals surface area contributed by atoms with Gasteiger partial charge >= 0.3 is 19.5 Å². The molecule has 0 aromatic carbocycles. The summed E-state index contributed by atoms with van der Waals surface area (Å²) in [7, 11) is 0. The molecule has 2 nitrogen and oxygen atoms in total. The molecule has 0 amide bonds. The van der Waals surface area contributed by atoms with E-state index in [-0.39, 0.29) is 28.1 Å². The maximum atomic E-state index is 6.18. The first-order valence-corrected chi connectivity index (χ1v) is 4.05. The second-order valence-electron chi connectivity index (χ2n) is 1.02. The third-order valence-electron chi connectivity index (χ3n) is 0. The summed E-state index contributed by atoms with van der Waals surface area (Å²) in [4.78, 5) is 0. The molecule has 0 aliphatic carbocycles. The van der Waals surface area contributed by atoms with Crippen molar-refractivity contribution in [3.05, 3.63) is 24.1 Å². The van der Waals surface area contributed by atoms with Crippen molar-refractivity contribution in [2.45, 2.75) is 6.92 Å². The fourth-order valence-electron chi connectivity index (χ4n) is 0. The Morgan fingerprint density at radius 1 is 1.25 bits per heavy atom. The number of hydrogen-bond acceptors (Lipinski definition) is 2. The smallest absolute Gasteiger partial charge is 0.684 e. The first-order chi connectivity index (χ1) is 4.88. The predicted molar refractivity (Wildman–Crippen MR) is 67.7 cm³/mol. The van der Waals surface area contributed by atoms with Crippen LogP contribution in [0, 0.1) is 0 Å². The van der Waals surface area contributed by atoms with Gasteiger partial charge in [-0.15, -0.1) is 6.58 Å². The van der Waals surface area contributed by atoms with Crippen molar-refractivity contribution in [3.63, 3.8) is 0 Å². The van der Waals surface area contributed by atoms with Crippen LogP contribution in [0.4, 0.5) is 0 Å². The molecule has 0 aromatic heterocycles. The number of rotatable bonds is 0. The van der Waals surface area contributed by atoms with Crippen LogP contribution >= 0.6 is 49.7 Å². The summed E-state index contributed by atoms with van der Waals surface area (Å²) in [6.07, 6.45) is 1.75. The Morgan fingerprint density at radius 3 is 1.25 bits per heavy atom. The quantitative estimate of drug-likeness (QED) is 0.309. The fraction of sp³-hybridized carbons (Fsp3) is 0.200. The molecule has 2 N–H and O–H groups in total. The molecule has 0 saturated heterocycles. The van der Waals surface area contributed by atoms with Crippen molar-refractivity contribution in [2.75, 3.05) is 0 Å². The summed E-state index contributed by atoms with van der Waals surface area (Å²) in [6, 6.07) is 0. The molecule has 66 valence electrons. The number of thiol groups is 2. The molecule has 0 heterocycles. The van der Waals surface area contributed by atoms with Crippen molar-refractivity contribution in [1.82, 2.24) is 0 Å². The van der Waals surface area contributed by atoms with Crippen molar-refractivity contribution < 1.29 is 19.5 Å². The van der Waals surface area contributed by atoms with Crippen molar-refractivity contribution in [1.29, 1.82) is 0 Å². The van der Waals surface area contributed by atoms with E-state index in [4.69, 9.17) is 11.5 Å². The van der Waals surface area contributed by atoms with Crippen LogP contribution in [0.15, 0.2) is 12.7 Å². The van der Waals surface area contributed by atoms with Crippen molar-refractivity contribution >= 4 is 58.3 Å². The third kappa shape index (κ3) is 1480. The summed E-state index contributed by atoms with van der Waals surface area (Å²) >= 11 is 14.9. The van der Waals surface area contributed by atoms with Gasteiger partial charge in [-0.3, -0.25) is 0 Å². The van der Waals surface area contributed by atoms with Gasteiger partial charge in [-0.25, -0.2) is 0 Å². The van der Waals surface area contributed by atoms with Gasteiger partial charge < -0.3 is 11.5 Å². The molecule has 0 spiro atoms. The Balaban J connectivity index is -0.0000000389. The Morgan fingerprint density at radius 2 is 1.25 bits per heavy atom. The van der Waals surface area contributed by atoms with Gasteiger partial charge in [0.05, 0.1) is 0 Å². The molecule has 7 heteroatoms. The SMILES string of the molecule is C=CC.[NH-]C(=S)S.[NH-]C(=S)S.[Zn+2]. The second kappa shape index (κ2) is 22.6. The molecule has 0 rings (SSSR count). The van der Waals surface area contributed by atoms with Gasteiger partial charge in [0.2, 0.25) is 0 Å². The molecule has 0 aromatic rings. The molecule has 0 radical (unpaired) electrons. The number of nitrogens with one attached hydrogen (secondary N) is 2. The number of hydrogen-bond donors (Lipinski definition) is 2. The van der Waals surface area contributed by atoms with Gasteiger partial charge in [0.25, 0.3) is 0 Å². The Labute approximate surface area is 108 Å². The average Bonchev–Trinajstić information content (AvgIpc) is 1.60. The van der Waals surface area contributed by atoms with Crippen molar-refractivity contribution in [3.8, 4) is 0 Å². The minimum atomic E-state index is -0.0556. The monoisotopic (exact) mass is 290 g/mol. The number of allylic oxidation sites excluding steroid dienone is 1. The zero-order valence-corrected chi connectivity index (χ0v) is 13.1. The van der Waals surface area contributed by atoms with Crippen LogP contribution in [0.3, 0.4) is 0 Å². The van der Waals surface area contributed by atoms with Gasteiger partial charge in [0.1, 0.15) is 0 Å². The number of thiocarbonyl (C=S) groups is 2. The van der Waals surface area contributed by atoms with Crippen molar-refractivity contribution in [2.24, 2.45) is 0 Å². The topological polar surface area (TPSA) is 47.6 Å². The molecular formula is C5H10N2S4Zn. The first-order valence-electron chi connectivity index (χ1n) is 2.34. The van der Waals surface area contributed by atoms with Crippen LogP contribution in [0.25, 0.3) is 11.5 Å². The Bertz CT molecular complexity index is 109. The predicted octanol–water partition coefficient (Wildman–Crippen LogP) is 3.70. The van der Waals surface area contributed by atoms with E-state index in [0.29, 0.717) is 0 Å². The molecule has 0 aliphatic heterocycles. The van der Waals surface area contributed by atoms with E-state index < -0.39 is 0 Å². The van der Waals surface area contributed by atoms with E-state index in [9.17, 15) is 0 Å². The minimum absolute atomic E-state index is 0. The summed E-state index contributed by atoms with van der Waals surface area (Å²) in [5, 5.41) is 0. The van der Waals surface area contributed by atoms with E-state index in [1.807, 2.05) is 6.92 Å². The molecule has 0 saturated carbocycles. The maximum absolute atomic E-state index is 6.18. The van der Waals surface area contributed by atoms with Gasteiger partial charge in [-0.05, 0) is 15.6 Å². The van der Waals surface area contributed by atoms with E-state index in [1.54, 1.807) is 6.08 Å². The van der Waals surface area contributed by atoms with Crippen LogP contribution < -0.4 is 0 Å². The Kier molecular flexibility index (Phi) is 43.5. The second-order valence-corrected chi connectivity index (χ2v) is 3.33. The standard InChI is InChI=1S/C3H6.2CH3NS2.Zn/c1-3-2;2*2-1(3)4;/h3H,1H2,2H3;2*(H3,2,3,4);/q;;;+2/p-2. The van der Waals surface area contributed by atoms with Gasteiger partial charge in [-0.1, -0.05) is 30.5 Å². The van der Waals surface area contributed by atoms with Crippen LogP contribution in [0.2, 0.25) is 0 Å². The van der Waals surface area contributed by atoms with Crippen LogP contribution in [0.5, 0.6) is 0 Å². The molecule has 0 atom stereocenters. The maximum Gasteiger partial charge on any atom is 2.00 e. The molecule has 0 fully saturated rings. The summed E-state index contributed by atoms with van der Waals surface area (Å²) in [6.45, 7) is 5.25. The summed E-state index contributed by atoms with van der Waals surface area (Å²) in [5.41, 5.74) is 12.4. The van der Waals surface area contributed by atoms with Crippen LogP contribution in [0.1, 0.15) is 6.92 Å².